The Morgan fingerprint density at radius 2 is 1.87 bits per heavy atom. The third kappa shape index (κ3) is 4.43. The Balaban J connectivity index is 1.33. The van der Waals surface area contributed by atoms with E-state index in [0.29, 0.717) is 41.8 Å². The SMILES string of the molecule is COc1ncnc(C2CC2)c1-c1nn2c(c1C)N(Cc1ccc(-c3nc(C(F)(F)F)cn3C)cc1)C(=O)CC2. The molecular weight excluding hydrogens is 511 g/mol. The van der Waals surface area contributed by atoms with Gasteiger partial charge in [0.25, 0.3) is 0 Å². The fourth-order valence-electron chi connectivity index (χ4n) is 5.13. The van der Waals surface area contributed by atoms with Gasteiger partial charge in [0.1, 0.15) is 23.7 Å². The van der Waals surface area contributed by atoms with E-state index in [1.54, 1.807) is 36.3 Å². The molecule has 3 aromatic heterocycles. The van der Waals surface area contributed by atoms with Crippen molar-refractivity contribution in [3.8, 4) is 28.5 Å². The van der Waals surface area contributed by atoms with Gasteiger partial charge in [-0.1, -0.05) is 24.3 Å². The molecule has 1 fully saturated rings. The smallest absolute Gasteiger partial charge is 0.434 e. The summed E-state index contributed by atoms with van der Waals surface area (Å²) >= 11 is 0. The van der Waals surface area contributed by atoms with E-state index < -0.39 is 11.9 Å². The number of halogens is 3. The van der Waals surface area contributed by atoms with Crippen LogP contribution in [0.4, 0.5) is 19.0 Å². The molecule has 0 radical (unpaired) electrons. The summed E-state index contributed by atoms with van der Waals surface area (Å²) in [5.74, 6) is 1.70. The number of fused-ring (bicyclic) bond motifs is 1. The number of alkyl halides is 3. The number of methoxy groups -OCH3 is 1. The van der Waals surface area contributed by atoms with Crippen molar-refractivity contribution in [1.82, 2.24) is 29.3 Å². The second kappa shape index (κ2) is 9.21. The lowest BCUT2D eigenvalue weighted by molar-refractivity contribution is -0.140. The van der Waals surface area contributed by atoms with Crippen LogP contribution in [0.25, 0.3) is 22.6 Å². The van der Waals surface area contributed by atoms with Crippen LogP contribution in [0.1, 0.15) is 47.7 Å². The molecule has 0 unspecified atom stereocenters. The first kappa shape index (κ1) is 25.1. The Kier molecular flexibility index (Phi) is 5.92. The van der Waals surface area contributed by atoms with Gasteiger partial charge in [-0.25, -0.2) is 19.6 Å². The maximum absolute atomic E-state index is 13.1. The molecule has 1 aliphatic carbocycles. The number of rotatable bonds is 6. The number of carbonyl (C=O) groups is 1. The van der Waals surface area contributed by atoms with Crippen molar-refractivity contribution in [2.24, 2.45) is 7.05 Å². The quantitative estimate of drug-likeness (QED) is 0.348. The average molecular weight is 538 g/mol. The molecule has 6 rings (SSSR count). The molecule has 0 saturated heterocycles. The molecule has 4 aromatic rings. The number of aryl methyl sites for hydroxylation is 2. The van der Waals surface area contributed by atoms with Crippen molar-refractivity contribution in [2.45, 2.75) is 51.4 Å². The fraction of sp³-hybridized carbons (Fsp3) is 0.370. The highest BCUT2D eigenvalue weighted by atomic mass is 19.4. The monoisotopic (exact) mass is 537 g/mol. The van der Waals surface area contributed by atoms with Crippen LogP contribution in [-0.2, 0) is 31.1 Å². The zero-order chi connectivity index (χ0) is 27.5. The molecule has 0 spiro atoms. The highest BCUT2D eigenvalue weighted by molar-refractivity contribution is 5.95. The molecule has 0 atom stereocenters. The lowest BCUT2D eigenvalue weighted by Crippen LogP contribution is -2.37. The number of anilines is 1. The number of ether oxygens (including phenoxy) is 1. The Morgan fingerprint density at radius 1 is 1.13 bits per heavy atom. The minimum Gasteiger partial charge on any atom is -0.480 e. The zero-order valence-electron chi connectivity index (χ0n) is 21.7. The minimum absolute atomic E-state index is 0.0289. The van der Waals surface area contributed by atoms with E-state index in [0.717, 1.165) is 41.4 Å². The first-order valence-electron chi connectivity index (χ1n) is 12.6. The van der Waals surface area contributed by atoms with Crippen LogP contribution < -0.4 is 9.64 Å². The maximum atomic E-state index is 13.1. The van der Waals surface area contributed by atoms with Crippen LogP contribution in [0.3, 0.4) is 0 Å². The summed E-state index contributed by atoms with van der Waals surface area (Å²) in [6.45, 7) is 2.68. The van der Waals surface area contributed by atoms with Crippen molar-refractivity contribution in [2.75, 3.05) is 12.0 Å². The maximum Gasteiger partial charge on any atom is 0.434 e. The van der Waals surface area contributed by atoms with Gasteiger partial charge in [-0.15, -0.1) is 0 Å². The van der Waals surface area contributed by atoms with Gasteiger partial charge < -0.3 is 9.30 Å². The lowest BCUT2D eigenvalue weighted by Gasteiger charge is -2.28. The largest absolute Gasteiger partial charge is 0.480 e. The van der Waals surface area contributed by atoms with Gasteiger partial charge in [0.05, 0.1) is 31.5 Å². The number of hydrogen-bond donors (Lipinski definition) is 0. The number of carbonyl (C=O) groups excluding carboxylic acids is 1. The molecule has 9 nitrogen and oxygen atoms in total. The summed E-state index contributed by atoms with van der Waals surface area (Å²) < 4.78 is 48.1. The van der Waals surface area contributed by atoms with Gasteiger partial charge in [0, 0.05) is 36.7 Å². The van der Waals surface area contributed by atoms with Gasteiger partial charge in [-0.3, -0.25) is 9.69 Å². The first-order valence-corrected chi connectivity index (χ1v) is 12.6. The molecule has 1 aromatic carbocycles. The third-order valence-electron chi connectivity index (χ3n) is 7.21. The number of amides is 1. The predicted molar refractivity (Wildman–Crippen MR) is 136 cm³/mol. The molecule has 1 saturated carbocycles. The van der Waals surface area contributed by atoms with Crippen LogP contribution in [0.5, 0.6) is 5.88 Å². The summed E-state index contributed by atoms with van der Waals surface area (Å²) in [5.41, 5.74) is 3.66. The van der Waals surface area contributed by atoms with E-state index >= 15 is 0 Å². The molecule has 0 bridgehead atoms. The molecular formula is C27H26F3N7O2. The van der Waals surface area contributed by atoms with Gasteiger partial charge in [0.2, 0.25) is 11.8 Å². The van der Waals surface area contributed by atoms with E-state index in [1.807, 2.05) is 11.6 Å². The van der Waals surface area contributed by atoms with E-state index in [4.69, 9.17) is 9.84 Å². The fourth-order valence-corrected chi connectivity index (χ4v) is 5.13. The van der Waals surface area contributed by atoms with Gasteiger partial charge in [-0.2, -0.15) is 18.3 Å². The van der Waals surface area contributed by atoms with Crippen LogP contribution in [0.2, 0.25) is 0 Å². The Bertz CT molecular complexity index is 1570. The molecule has 202 valence electrons. The molecule has 0 N–H and O–H groups in total. The number of benzene rings is 1. The third-order valence-corrected chi connectivity index (χ3v) is 7.21. The summed E-state index contributed by atoms with van der Waals surface area (Å²) in [6, 6.07) is 7.04. The Labute approximate surface area is 222 Å². The van der Waals surface area contributed by atoms with Crippen molar-refractivity contribution >= 4 is 11.7 Å². The van der Waals surface area contributed by atoms with E-state index in [1.165, 1.54) is 17.9 Å². The Morgan fingerprint density at radius 3 is 2.51 bits per heavy atom. The summed E-state index contributed by atoms with van der Waals surface area (Å²) in [6.07, 6.45) is 0.372. The second-order valence-electron chi connectivity index (χ2n) is 9.92. The van der Waals surface area contributed by atoms with E-state index in [9.17, 15) is 18.0 Å². The predicted octanol–water partition coefficient (Wildman–Crippen LogP) is 4.89. The normalized spacial score (nSPS) is 15.5. The lowest BCUT2D eigenvalue weighted by atomic mass is 10.0. The van der Waals surface area contributed by atoms with Gasteiger partial charge >= 0.3 is 6.18 Å². The van der Waals surface area contributed by atoms with Crippen LogP contribution >= 0.6 is 0 Å². The molecule has 39 heavy (non-hydrogen) atoms. The topological polar surface area (TPSA) is 91.0 Å². The number of aromatic nitrogens is 6. The summed E-state index contributed by atoms with van der Waals surface area (Å²) in [4.78, 5) is 27.4. The molecule has 4 heterocycles. The van der Waals surface area contributed by atoms with Crippen molar-refractivity contribution in [3.05, 3.63) is 59.3 Å². The first-order chi connectivity index (χ1) is 18.7. The standard InChI is InChI=1S/C27H26F3N7O2/c1-15-22(21-23(17-8-9-17)31-14-32-25(21)39-3)34-37-11-10-20(38)36(26(15)37)12-16-4-6-18(7-5-16)24-33-19(13-35(24)2)27(28,29)30/h4-7,13-14,17H,8-12H2,1-3H3. The van der Waals surface area contributed by atoms with E-state index in [-0.39, 0.29) is 18.3 Å². The van der Waals surface area contributed by atoms with Crippen LogP contribution in [0, 0.1) is 6.92 Å². The summed E-state index contributed by atoms with van der Waals surface area (Å²) in [5, 5.41) is 4.87. The van der Waals surface area contributed by atoms with Crippen molar-refractivity contribution < 1.29 is 22.7 Å². The van der Waals surface area contributed by atoms with Crippen molar-refractivity contribution in [1.29, 1.82) is 0 Å². The number of hydrogen-bond acceptors (Lipinski definition) is 6. The highest BCUT2D eigenvalue weighted by Crippen LogP contribution is 2.47. The highest BCUT2D eigenvalue weighted by Gasteiger charge is 2.36. The number of nitrogens with zero attached hydrogens (tertiary/aromatic N) is 7. The van der Waals surface area contributed by atoms with E-state index in [2.05, 4.69) is 15.0 Å². The minimum atomic E-state index is -4.51. The van der Waals surface area contributed by atoms with Gasteiger partial charge in [0.15, 0.2) is 5.69 Å². The van der Waals surface area contributed by atoms with Crippen LogP contribution in [-0.4, -0.2) is 42.3 Å². The molecule has 12 heteroatoms. The summed E-state index contributed by atoms with van der Waals surface area (Å²) in [7, 11) is 3.10. The van der Waals surface area contributed by atoms with Gasteiger partial charge in [-0.05, 0) is 25.3 Å². The molecule has 1 aliphatic heterocycles. The molecule has 2 aliphatic rings. The second-order valence-corrected chi connectivity index (χ2v) is 9.92. The molecule has 1 amide bonds. The zero-order valence-corrected chi connectivity index (χ0v) is 21.7. The Hall–Kier alpha value is -4.22. The average Bonchev–Trinajstić information content (AvgIpc) is 3.60. The van der Waals surface area contributed by atoms with Crippen molar-refractivity contribution in [3.63, 3.8) is 0 Å². The number of imidazole rings is 1. The van der Waals surface area contributed by atoms with Crippen LogP contribution in [0.15, 0.2) is 36.8 Å².